The molecule has 0 spiro atoms. The van der Waals surface area contributed by atoms with Gasteiger partial charge in [-0.25, -0.2) is 0 Å². The molecule has 0 aromatic carbocycles. The van der Waals surface area contributed by atoms with E-state index < -0.39 is 16.0 Å². The minimum atomic E-state index is -3.99. The Bertz CT molecular complexity index is 194. The molecule has 0 bridgehead atoms. The van der Waals surface area contributed by atoms with Crippen LogP contribution in [-0.4, -0.2) is 45.3 Å². The van der Waals surface area contributed by atoms with Gasteiger partial charge in [0, 0.05) is 6.54 Å². The normalized spacial score (nSPS) is 27.4. The molecule has 1 aliphatic rings. The van der Waals surface area contributed by atoms with Gasteiger partial charge in [0.15, 0.2) is 8.38 Å². The summed E-state index contributed by atoms with van der Waals surface area (Å²) in [7, 11) is -5.49. The van der Waals surface area contributed by atoms with E-state index in [9.17, 15) is 4.57 Å². The first-order chi connectivity index (χ1) is 5.47. The molecule has 1 unspecified atom stereocenters. The standard InChI is InChI=1S/C4H11NO5P2/c6-11-3-5(1-2-10-11)4-12(7,8)9/h6H,1-4H2,(H2,7,8,9). The molecular weight excluding hydrogens is 204 g/mol. The molecule has 1 fully saturated rings. The Hall–Kier alpha value is 0.460. The van der Waals surface area contributed by atoms with Crippen molar-refractivity contribution in [2.75, 3.05) is 25.7 Å². The molecule has 0 saturated carbocycles. The predicted octanol–water partition coefficient (Wildman–Crippen LogP) is -0.285. The van der Waals surface area contributed by atoms with Crippen LogP contribution >= 0.6 is 16.0 Å². The van der Waals surface area contributed by atoms with Crippen LogP contribution in [0.4, 0.5) is 0 Å². The Balaban J connectivity index is 2.37. The van der Waals surface area contributed by atoms with Crippen molar-refractivity contribution >= 4 is 16.0 Å². The lowest BCUT2D eigenvalue weighted by Crippen LogP contribution is -2.32. The molecule has 1 heterocycles. The van der Waals surface area contributed by atoms with Gasteiger partial charge >= 0.3 is 7.60 Å². The maximum Gasteiger partial charge on any atom is 0.339 e. The molecule has 1 atom stereocenters. The molecular formula is C4H11NO5P2. The largest absolute Gasteiger partial charge is 0.349 e. The third kappa shape index (κ3) is 3.92. The highest BCUT2D eigenvalue weighted by atomic mass is 31.2. The first-order valence-corrected chi connectivity index (χ1v) is 6.53. The van der Waals surface area contributed by atoms with Gasteiger partial charge in [-0.3, -0.25) is 9.46 Å². The zero-order chi connectivity index (χ0) is 9.19. The summed E-state index contributed by atoms with van der Waals surface area (Å²) >= 11 is 0. The van der Waals surface area contributed by atoms with Crippen molar-refractivity contribution in [3.8, 4) is 0 Å². The third-order valence-electron chi connectivity index (χ3n) is 1.35. The summed E-state index contributed by atoms with van der Waals surface area (Å²) in [5, 5.41) is 0. The Morgan fingerprint density at radius 3 is 2.75 bits per heavy atom. The van der Waals surface area contributed by atoms with Crippen LogP contribution in [0.1, 0.15) is 0 Å². The van der Waals surface area contributed by atoms with Gasteiger partial charge in [-0.15, -0.1) is 0 Å². The summed E-state index contributed by atoms with van der Waals surface area (Å²) in [6, 6.07) is 0. The molecule has 1 rings (SSSR count). The minimum absolute atomic E-state index is 0.223. The summed E-state index contributed by atoms with van der Waals surface area (Å²) in [5.74, 6) is 0. The molecule has 1 aliphatic heterocycles. The van der Waals surface area contributed by atoms with Crippen molar-refractivity contribution in [1.29, 1.82) is 0 Å². The second kappa shape index (κ2) is 4.11. The Morgan fingerprint density at radius 1 is 1.58 bits per heavy atom. The van der Waals surface area contributed by atoms with Gasteiger partial charge in [0.25, 0.3) is 0 Å². The van der Waals surface area contributed by atoms with E-state index in [1.165, 1.54) is 4.90 Å². The molecule has 3 N–H and O–H groups in total. The van der Waals surface area contributed by atoms with Crippen molar-refractivity contribution in [3.05, 3.63) is 0 Å². The second-order valence-corrected chi connectivity index (χ2v) is 5.38. The van der Waals surface area contributed by atoms with E-state index in [4.69, 9.17) is 19.2 Å². The van der Waals surface area contributed by atoms with Crippen LogP contribution in [0.3, 0.4) is 0 Å². The Labute approximate surface area is 71.2 Å². The maximum atomic E-state index is 10.5. The predicted molar refractivity (Wildman–Crippen MR) is 43.6 cm³/mol. The summed E-state index contributed by atoms with van der Waals surface area (Å²) in [6.45, 7) is 0.798. The van der Waals surface area contributed by atoms with E-state index in [0.29, 0.717) is 13.2 Å². The van der Waals surface area contributed by atoms with E-state index in [1.54, 1.807) is 0 Å². The molecule has 0 radical (unpaired) electrons. The van der Waals surface area contributed by atoms with Gasteiger partial charge in [0.1, 0.15) is 6.29 Å². The summed E-state index contributed by atoms with van der Waals surface area (Å²) in [5.41, 5.74) is 0. The van der Waals surface area contributed by atoms with Gasteiger partial charge in [0.2, 0.25) is 0 Å². The van der Waals surface area contributed by atoms with E-state index in [-0.39, 0.29) is 12.6 Å². The third-order valence-corrected chi connectivity index (χ3v) is 3.24. The van der Waals surface area contributed by atoms with Crippen LogP contribution in [0.15, 0.2) is 0 Å². The monoisotopic (exact) mass is 215 g/mol. The quantitative estimate of drug-likeness (QED) is 0.548. The fourth-order valence-corrected chi connectivity index (χ4v) is 2.81. The highest BCUT2D eigenvalue weighted by Crippen LogP contribution is 2.41. The molecule has 72 valence electrons. The van der Waals surface area contributed by atoms with E-state index in [2.05, 4.69) is 0 Å². The van der Waals surface area contributed by atoms with Crippen LogP contribution in [0.5, 0.6) is 0 Å². The summed E-state index contributed by atoms with van der Waals surface area (Å²) in [6.07, 6.45) is -0.0732. The van der Waals surface area contributed by atoms with E-state index in [1.807, 2.05) is 0 Å². The molecule has 0 aromatic heterocycles. The maximum absolute atomic E-state index is 10.5. The van der Waals surface area contributed by atoms with Crippen LogP contribution < -0.4 is 0 Å². The van der Waals surface area contributed by atoms with Crippen LogP contribution in [0, 0.1) is 0 Å². The van der Waals surface area contributed by atoms with Crippen molar-refractivity contribution in [2.45, 2.75) is 0 Å². The molecule has 0 aromatic rings. The Kier molecular flexibility index (Phi) is 3.61. The lowest BCUT2D eigenvalue weighted by Gasteiger charge is -2.28. The summed E-state index contributed by atoms with van der Waals surface area (Å²) < 4.78 is 15.4. The van der Waals surface area contributed by atoms with Gasteiger partial charge in [-0.05, 0) is 0 Å². The van der Waals surface area contributed by atoms with Gasteiger partial charge in [-0.1, -0.05) is 0 Å². The Morgan fingerprint density at radius 2 is 2.25 bits per heavy atom. The number of hydrogen-bond acceptors (Lipinski definition) is 4. The number of nitrogens with zero attached hydrogens (tertiary/aromatic N) is 1. The molecule has 12 heavy (non-hydrogen) atoms. The lowest BCUT2D eigenvalue weighted by molar-refractivity contribution is 0.192. The molecule has 0 aliphatic carbocycles. The van der Waals surface area contributed by atoms with Crippen LogP contribution in [0.25, 0.3) is 0 Å². The van der Waals surface area contributed by atoms with Crippen molar-refractivity contribution < 1.29 is 23.8 Å². The van der Waals surface area contributed by atoms with E-state index >= 15 is 0 Å². The molecule has 1 saturated heterocycles. The minimum Gasteiger partial charge on any atom is -0.349 e. The van der Waals surface area contributed by atoms with Gasteiger partial charge in [0.05, 0.1) is 12.9 Å². The second-order valence-electron chi connectivity index (χ2n) is 2.53. The average molecular weight is 215 g/mol. The fourth-order valence-electron chi connectivity index (χ4n) is 0.934. The first kappa shape index (κ1) is 10.5. The van der Waals surface area contributed by atoms with Crippen molar-refractivity contribution in [2.24, 2.45) is 0 Å². The highest BCUT2D eigenvalue weighted by molar-refractivity contribution is 7.51. The molecule has 8 heteroatoms. The highest BCUT2D eigenvalue weighted by Gasteiger charge is 2.25. The van der Waals surface area contributed by atoms with Crippen LogP contribution in [0.2, 0.25) is 0 Å². The smallest absolute Gasteiger partial charge is 0.339 e. The fraction of sp³-hybridized carbons (Fsp3) is 1.00. The van der Waals surface area contributed by atoms with Crippen LogP contribution in [-0.2, 0) is 9.09 Å². The molecule has 6 nitrogen and oxygen atoms in total. The number of rotatable bonds is 2. The summed E-state index contributed by atoms with van der Waals surface area (Å²) in [4.78, 5) is 27.8. The molecule has 0 amide bonds. The van der Waals surface area contributed by atoms with Gasteiger partial charge < -0.3 is 19.2 Å². The zero-order valence-corrected chi connectivity index (χ0v) is 8.12. The zero-order valence-electron chi connectivity index (χ0n) is 6.33. The topological polar surface area (TPSA) is 90.2 Å². The number of hydrogen-bond donors (Lipinski definition) is 3. The van der Waals surface area contributed by atoms with Crippen molar-refractivity contribution in [1.82, 2.24) is 4.90 Å². The average Bonchev–Trinajstić information content (AvgIpc) is 1.82. The SMILES string of the molecule is O=P(O)(O)CN1CCOP(O)C1. The van der Waals surface area contributed by atoms with Crippen molar-refractivity contribution in [3.63, 3.8) is 0 Å². The lowest BCUT2D eigenvalue weighted by atomic mass is 10.6. The first-order valence-electron chi connectivity index (χ1n) is 3.33. The van der Waals surface area contributed by atoms with E-state index in [0.717, 1.165) is 0 Å². The van der Waals surface area contributed by atoms with Gasteiger partial charge in [-0.2, -0.15) is 0 Å².